The molecule has 1 aromatic heterocycles. The minimum Gasteiger partial charge on any atom is -0.370 e. The summed E-state index contributed by atoms with van der Waals surface area (Å²) in [6.07, 6.45) is 1.47. The van der Waals surface area contributed by atoms with Gasteiger partial charge in [0.2, 0.25) is 11.0 Å². The Hall–Kier alpha value is -2.17. The molecule has 0 spiro atoms. The summed E-state index contributed by atoms with van der Waals surface area (Å²) in [7, 11) is 0. The van der Waals surface area contributed by atoms with Crippen LogP contribution in [0.25, 0.3) is 0 Å². The van der Waals surface area contributed by atoms with Crippen molar-refractivity contribution in [2.75, 3.05) is 23.3 Å². The molecule has 0 radical (unpaired) electrons. The van der Waals surface area contributed by atoms with Gasteiger partial charge in [-0.05, 0) is 31.0 Å². The number of halogens is 1. The highest BCUT2D eigenvalue weighted by molar-refractivity contribution is 7.13. The number of benzene rings is 1. The van der Waals surface area contributed by atoms with Crippen LogP contribution < -0.4 is 10.2 Å². The molecule has 1 N–H and O–H groups in total. The van der Waals surface area contributed by atoms with E-state index in [-0.39, 0.29) is 11.8 Å². The van der Waals surface area contributed by atoms with E-state index in [1.165, 1.54) is 11.3 Å². The number of piperidine rings is 1. The maximum atomic E-state index is 12.2. The van der Waals surface area contributed by atoms with Gasteiger partial charge in [-0.25, -0.2) is 0 Å². The number of anilines is 2. The van der Waals surface area contributed by atoms with Crippen LogP contribution in [0.5, 0.6) is 0 Å². The van der Waals surface area contributed by atoms with Gasteiger partial charge in [0, 0.05) is 24.0 Å². The summed E-state index contributed by atoms with van der Waals surface area (Å²) in [6.45, 7) is 1.45. The predicted molar refractivity (Wildman–Crippen MR) is 89.6 cm³/mol. The minimum atomic E-state index is -0.0482. The molecule has 0 saturated carbocycles. The number of aromatic nitrogens is 2. The van der Waals surface area contributed by atoms with E-state index >= 15 is 0 Å². The Morgan fingerprint density at radius 1 is 1.43 bits per heavy atom. The number of carbonyl (C=O) groups excluding carboxylic acids is 1. The SMILES string of the molecule is N#Cc1cc(Cl)ccc1N1CCC(C(=O)Nc2nncs2)CC1. The van der Waals surface area contributed by atoms with Crippen molar-refractivity contribution in [2.45, 2.75) is 12.8 Å². The first kappa shape index (κ1) is 15.7. The third-order valence-electron chi connectivity index (χ3n) is 3.88. The maximum absolute atomic E-state index is 12.2. The maximum Gasteiger partial charge on any atom is 0.229 e. The van der Waals surface area contributed by atoms with Crippen LogP contribution in [-0.2, 0) is 4.79 Å². The van der Waals surface area contributed by atoms with Gasteiger partial charge in [0.05, 0.1) is 11.3 Å². The molecule has 0 aliphatic carbocycles. The van der Waals surface area contributed by atoms with E-state index in [0.717, 1.165) is 31.6 Å². The summed E-state index contributed by atoms with van der Waals surface area (Å²) in [5, 5.41) is 20.6. The predicted octanol–water partition coefficient (Wildman–Crippen LogP) is 2.92. The summed E-state index contributed by atoms with van der Waals surface area (Å²) in [5.74, 6) is -0.0639. The van der Waals surface area contributed by atoms with E-state index in [2.05, 4.69) is 26.5 Å². The fourth-order valence-electron chi connectivity index (χ4n) is 2.69. The van der Waals surface area contributed by atoms with Crippen molar-refractivity contribution in [1.82, 2.24) is 10.2 Å². The molecule has 1 amide bonds. The zero-order chi connectivity index (χ0) is 16.2. The minimum absolute atomic E-state index is 0.0157. The van der Waals surface area contributed by atoms with Gasteiger partial charge in [-0.15, -0.1) is 10.2 Å². The van der Waals surface area contributed by atoms with Gasteiger partial charge in [0.15, 0.2) is 0 Å². The lowest BCUT2D eigenvalue weighted by Gasteiger charge is -2.33. The van der Waals surface area contributed by atoms with Crippen molar-refractivity contribution in [2.24, 2.45) is 5.92 Å². The Labute approximate surface area is 142 Å². The summed E-state index contributed by atoms with van der Waals surface area (Å²) in [5.41, 5.74) is 3.02. The monoisotopic (exact) mass is 347 g/mol. The lowest BCUT2D eigenvalue weighted by atomic mass is 9.95. The van der Waals surface area contributed by atoms with E-state index < -0.39 is 0 Å². The molecule has 23 heavy (non-hydrogen) atoms. The standard InChI is InChI=1S/C15H14ClN5OS/c16-12-1-2-13(11(7-12)8-17)21-5-3-10(4-6-21)14(22)19-15-20-18-9-23-15/h1-2,7,9-10H,3-6H2,(H,19,20,22). The molecule has 1 aliphatic heterocycles. The number of carbonyl (C=O) groups is 1. The molecule has 0 bridgehead atoms. The van der Waals surface area contributed by atoms with Crippen LogP contribution in [0, 0.1) is 17.2 Å². The second kappa shape index (κ2) is 6.94. The Morgan fingerprint density at radius 2 is 2.22 bits per heavy atom. The summed E-state index contributed by atoms with van der Waals surface area (Å²) >= 11 is 7.24. The van der Waals surface area contributed by atoms with Crippen molar-refractivity contribution in [3.63, 3.8) is 0 Å². The molecule has 0 unspecified atom stereocenters. The number of nitrogens with one attached hydrogen (secondary N) is 1. The quantitative estimate of drug-likeness (QED) is 0.923. The number of hydrogen-bond donors (Lipinski definition) is 1. The number of amides is 1. The topological polar surface area (TPSA) is 81.9 Å². The van der Waals surface area contributed by atoms with Gasteiger partial charge in [0.1, 0.15) is 11.6 Å². The highest BCUT2D eigenvalue weighted by Gasteiger charge is 2.26. The third-order valence-corrected chi connectivity index (χ3v) is 4.72. The lowest BCUT2D eigenvalue weighted by molar-refractivity contribution is -0.120. The molecule has 118 valence electrons. The highest BCUT2D eigenvalue weighted by Crippen LogP contribution is 2.28. The average Bonchev–Trinajstić information content (AvgIpc) is 3.08. The molecule has 0 atom stereocenters. The Bertz CT molecular complexity index is 735. The summed E-state index contributed by atoms with van der Waals surface area (Å²) in [4.78, 5) is 14.3. The fraction of sp³-hybridized carbons (Fsp3) is 0.333. The number of hydrogen-bond acceptors (Lipinski definition) is 6. The second-order valence-electron chi connectivity index (χ2n) is 5.27. The first-order valence-electron chi connectivity index (χ1n) is 7.19. The van der Waals surface area contributed by atoms with Gasteiger partial charge >= 0.3 is 0 Å². The lowest BCUT2D eigenvalue weighted by Crippen LogP contribution is -2.38. The molecule has 1 saturated heterocycles. The van der Waals surface area contributed by atoms with E-state index in [9.17, 15) is 10.1 Å². The van der Waals surface area contributed by atoms with E-state index in [0.29, 0.717) is 15.7 Å². The second-order valence-corrected chi connectivity index (χ2v) is 6.54. The molecule has 1 fully saturated rings. The van der Waals surface area contributed by atoms with Gasteiger partial charge in [-0.2, -0.15) is 5.26 Å². The van der Waals surface area contributed by atoms with Gasteiger partial charge in [-0.3, -0.25) is 4.79 Å². The number of rotatable bonds is 3. The van der Waals surface area contributed by atoms with Gasteiger partial charge < -0.3 is 10.2 Å². The van der Waals surface area contributed by atoms with E-state index in [4.69, 9.17) is 11.6 Å². The van der Waals surface area contributed by atoms with Crippen LogP contribution >= 0.6 is 22.9 Å². The smallest absolute Gasteiger partial charge is 0.229 e. The molecule has 2 aromatic rings. The van der Waals surface area contributed by atoms with Crippen LogP contribution in [0.1, 0.15) is 18.4 Å². The number of nitrogens with zero attached hydrogens (tertiary/aromatic N) is 4. The van der Waals surface area contributed by atoms with Crippen LogP contribution in [0.3, 0.4) is 0 Å². The molecule has 8 heteroatoms. The van der Waals surface area contributed by atoms with Crippen LogP contribution in [-0.4, -0.2) is 29.2 Å². The van der Waals surface area contributed by atoms with Gasteiger partial charge in [0.25, 0.3) is 0 Å². The highest BCUT2D eigenvalue weighted by atomic mass is 35.5. The van der Waals surface area contributed by atoms with E-state index in [1.807, 2.05) is 6.07 Å². The van der Waals surface area contributed by atoms with E-state index in [1.54, 1.807) is 17.6 Å². The van der Waals surface area contributed by atoms with Crippen molar-refractivity contribution in [1.29, 1.82) is 5.26 Å². The molecule has 6 nitrogen and oxygen atoms in total. The Kier molecular flexibility index (Phi) is 4.74. The fourth-order valence-corrected chi connectivity index (χ4v) is 3.31. The zero-order valence-electron chi connectivity index (χ0n) is 12.2. The molecule has 3 rings (SSSR count). The van der Waals surface area contributed by atoms with Crippen LogP contribution in [0.4, 0.5) is 10.8 Å². The Morgan fingerprint density at radius 3 is 2.87 bits per heavy atom. The molecule has 1 aromatic carbocycles. The molecule has 1 aliphatic rings. The molecular weight excluding hydrogens is 334 g/mol. The third kappa shape index (κ3) is 3.60. The first-order chi connectivity index (χ1) is 11.2. The zero-order valence-corrected chi connectivity index (χ0v) is 13.8. The normalized spacial score (nSPS) is 15.2. The summed E-state index contributed by atoms with van der Waals surface area (Å²) in [6, 6.07) is 7.50. The van der Waals surface area contributed by atoms with Crippen LogP contribution in [0.2, 0.25) is 5.02 Å². The summed E-state index contributed by atoms with van der Waals surface area (Å²) < 4.78 is 0. The van der Waals surface area contributed by atoms with Crippen LogP contribution in [0.15, 0.2) is 23.7 Å². The van der Waals surface area contributed by atoms with Crippen molar-refractivity contribution < 1.29 is 4.79 Å². The number of nitriles is 1. The van der Waals surface area contributed by atoms with Crippen molar-refractivity contribution in [3.05, 3.63) is 34.3 Å². The first-order valence-corrected chi connectivity index (χ1v) is 8.45. The average molecular weight is 348 g/mol. The van der Waals surface area contributed by atoms with Gasteiger partial charge in [-0.1, -0.05) is 22.9 Å². The molecular formula is C15H14ClN5OS. The van der Waals surface area contributed by atoms with Crippen molar-refractivity contribution in [3.8, 4) is 6.07 Å². The largest absolute Gasteiger partial charge is 0.370 e. The Balaban J connectivity index is 1.62. The van der Waals surface area contributed by atoms with Crippen molar-refractivity contribution >= 4 is 39.7 Å². The molecule has 2 heterocycles.